The zero-order valence-electron chi connectivity index (χ0n) is 9.40. The first-order chi connectivity index (χ1) is 7.27. The minimum absolute atomic E-state index is 0.111. The second-order valence-electron chi connectivity index (χ2n) is 3.39. The molecule has 0 saturated heterocycles. The van der Waals surface area contributed by atoms with Crippen molar-refractivity contribution in [3.05, 3.63) is 11.7 Å². The van der Waals surface area contributed by atoms with Crippen LogP contribution in [0.4, 0.5) is 0 Å². The second-order valence-corrected chi connectivity index (χ2v) is 3.39. The van der Waals surface area contributed by atoms with Crippen LogP contribution in [0.15, 0.2) is 4.52 Å². The van der Waals surface area contributed by atoms with Crippen molar-refractivity contribution < 1.29 is 9.26 Å². The van der Waals surface area contributed by atoms with E-state index in [1.165, 1.54) is 0 Å². The summed E-state index contributed by atoms with van der Waals surface area (Å²) < 4.78 is 10.3. The van der Waals surface area contributed by atoms with E-state index in [-0.39, 0.29) is 6.04 Å². The van der Waals surface area contributed by atoms with Gasteiger partial charge in [0.15, 0.2) is 5.82 Å². The average molecular weight is 213 g/mol. The van der Waals surface area contributed by atoms with E-state index in [1.54, 1.807) is 0 Å². The first kappa shape index (κ1) is 12.1. The molecule has 0 bridgehead atoms. The Balaban J connectivity index is 2.41. The average Bonchev–Trinajstić information content (AvgIpc) is 2.67. The summed E-state index contributed by atoms with van der Waals surface area (Å²) in [7, 11) is 0. The molecule has 1 aromatic rings. The fourth-order valence-corrected chi connectivity index (χ4v) is 1.26. The van der Waals surface area contributed by atoms with E-state index in [2.05, 4.69) is 17.1 Å². The third kappa shape index (κ3) is 3.97. The van der Waals surface area contributed by atoms with E-state index < -0.39 is 0 Å². The molecule has 1 atom stereocenters. The Morgan fingerprint density at radius 1 is 1.47 bits per heavy atom. The van der Waals surface area contributed by atoms with Crippen LogP contribution in [-0.2, 0) is 11.2 Å². The van der Waals surface area contributed by atoms with Crippen LogP contribution in [0.5, 0.6) is 0 Å². The maximum absolute atomic E-state index is 5.86. The Bertz CT molecular complexity index is 275. The van der Waals surface area contributed by atoms with E-state index in [0.29, 0.717) is 31.3 Å². The van der Waals surface area contributed by atoms with Crippen LogP contribution in [0.2, 0.25) is 0 Å². The molecule has 1 heterocycles. The molecule has 1 unspecified atom stereocenters. The molecule has 2 N–H and O–H groups in total. The number of hydrogen-bond acceptors (Lipinski definition) is 5. The predicted molar refractivity (Wildman–Crippen MR) is 56.3 cm³/mol. The molecule has 1 aromatic heterocycles. The van der Waals surface area contributed by atoms with Gasteiger partial charge >= 0.3 is 0 Å². The van der Waals surface area contributed by atoms with Crippen LogP contribution in [0.25, 0.3) is 0 Å². The summed E-state index contributed by atoms with van der Waals surface area (Å²) in [5.74, 6) is 1.20. The van der Waals surface area contributed by atoms with Crippen molar-refractivity contribution in [3.8, 4) is 0 Å². The predicted octanol–water partition coefficient (Wildman–Crippen LogP) is 1.45. The summed E-state index contributed by atoms with van der Waals surface area (Å²) in [6, 6.07) is -0.111. The Morgan fingerprint density at radius 2 is 2.27 bits per heavy atom. The zero-order chi connectivity index (χ0) is 11.1. The standard InChI is InChI=1S/C10H19N3O2/c1-3-5-8(11)10-12-9(15-13-10)6-7-14-4-2/h8H,3-7,11H2,1-2H3. The molecular weight excluding hydrogens is 194 g/mol. The highest BCUT2D eigenvalue weighted by Gasteiger charge is 2.12. The first-order valence-corrected chi connectivity index (χ1v) is 5.43. The molecule has 5 nitrogen and oxygen atoms in total. The minimum atomic E-state index is -0.111. The number of hydrogen-bond donors (Lipinski definition) is 1. The third-order valence-corrected chi connectivity index (χ3v) is 2.08. The Morgan fingerprint density at radius 3 is 2.93 bits per heavy atom. The number of ether oxygens (including phenoxy) is 1. The van der Waals surface area contributed by atoms with Crippen LogP contribution < -0.4 is 5.73 Å². The molecule has 5 heteroatoms. The first-order valence-electron chi connectivity index (χ1n) is 5.43. The summed E-state index contributed by atoms with van der Waals surface area (Å²) in [5, 5.41) is 3.85. The zero-order valence-corrected chi connectivity index (χ0v) is 9.40. The monoisotopic (exact) mass is 213 g/mol. The molecule has 0 aliphatic carbocycles. The maximum Gasteiger partial charge on any atom is 0.229 e. The normalized spacial score (nSPS) is 13.0. The highest BCUT2D eigenvalue weighted by Crippen LogP contribution is 2.12. The van der Waals surface area contributed by atoms with E-state index in [0.717, 1.165) is 12.8 Å². The Labute approximate surface area is 90.0 Å². The van der Waals surface area contributed by atoms with Crippen molar-refractivity contribution in [2.75, 3.05) is 13.2 Å². The van der Waals surface area contributed by atoms with Crippen molar-refractivity contribution in [1.29, 1.82) is 0 Å². The van der Waals surface area contributed by atoms with Gasteiger partial charge < -0.3 is 15.0 Å². The topological polar surface area (TPSA) is 74.2 Å². The largest absolute Gasteiger partial charge is 0.381 e. The smallest absolute Gasteiger partial charge is 0.229 e. The number of aromatic nitrogens is 2. The lowest BCUT2D eigenvalue weighted by molar-refractivity contribution is 0.144. The molecule has 0 fully saturated rings. The maximum atomic E-state index is 5.86. The molecule has 0 aliphatic heterocycles. The van der Waals surface area contributed by atoms with E-state index >= 15 is 0 Å². The van der Waals surface area contributed by atoms with Crippen LogP contribution >= 0.6 is 0 Å². The van der Waals surface area contributed by atoms with Gasteiger partial charge in [-0.1, -0.05) is 18.5 Å². The highest BCUT2D eigenvalue weighted by molar-refractivity contribution is 4.92. The van der Waals surface area contributed by atoms with Crippen molar-refractivity contribution in [3.63, 3.8) is 0 Å². The number of rotatable bonds is 7. The molecule has 0 radical (unpaired) electrons. The Kier molecular flexibility index (Phi) is 5.28. The van der Waals surface area contributed by atoms with Gasteiger partial charge in [-0.25, -0.2) is 0 Å². The van der Waals surface area contributed by atoms with Crippen molar-refractivity contribution in [2.24, 2.45) is 5.73 Å². The summed E-state index contributed by atoms with van der Waals surface area (Å²) >= 11 is 0. The SMILES string of the molecule is CCCC(N)c1noc(CCOCC)n1. The van der Waals surface area contributed by atoms with Crippen LogP contribution in [0.1, 0.15) is 44.4 Å². The van der Waals surface area contributed by atoms with Gasteiger partial charge in [-0.3, -0.25) is 0 Å². The molecule has 0 amide bonds. The Hall–Kier alpha value is -0.940. The lowest BCUT2D eigenvalue weighted by Crippen LogP contribution is -2.11. The van der Waals surface area contributed by atoms with Crippen molar-refractivity contribution in [2.45, 2.75) is 39.2 Å². The number of nitrogens with two attached hydrogens (primary N) is 1. The van der Waals surface area contributed by atoms with E-state index in [4.69, 9.17) is 15.0 Å². The van der Waals surface area contributed by atoms with Crippen molar-refractivity contribution >= 4 is 0 Å². The van der Waals surface area contributed by atoms with Crippen LogP contribution in [0.3, 0.4) is 0 Å². The second kappa shape index (κ2) is 6.53. The summed E-state index contributed by atoms with van der Waals surface area (Å²) in [6.07, 6.45) is 2.55. The fourth-order valence-electron chi connectivity index (χ4n) is 1.26. The van der Waals surface area contributed by atoms with Crippen LogP contribution in [-0.4, -0.2) is 23.4 Å². The molecule has 0 aliphatic rings. The molecule has 1 rings (SSSR count). The summed E-state index contributed by atoms with van der Waals surface area (Å²) in [5.41, 5.74) is 5.86. The van der Waals surface area contributed by atoms with E-state index in [9.17, 15) is 0 Å². The van der Waals surface area contributed by atoms with E-state index in [1.807, 2.05) is 6.92 Å². The van der Waals surface area contributed by atoms with Gasteiger partial charge in [-0.15, -0.1) is 0 Å². The van der Waals surface area contributed by atoms with Crippen molar-refractivity contribution in [1.82, 2.24) is 10.1 Å². The molecule has 0 spiro atoms. The summed E-state index contributed by atoms with van der Waals surface area (Å²) in [6.45, 7) is 5.35. The van der Waals surface area contributed by atoms with Crippen LogP contribution in [0, 0.1) is 0 Å². The van der Waals surface area contributed by atoms with Gasteiger partial charge in [0, 0.05) is 6.61 Å². The number of nitrogens with zero attached hydrogens (tertiary/aromatic N) is 2. The fraction of sp³-hybridized carbons (Fsp3) is 0.800. The van der Waals surface area contributed by atoms with Gasteiger partial charge in [0.2, 0.25) is 5.89 Å². The summed E-state index contributed by atoms with van der Waals surface area (Å²) in [4.78, 5) is 4.22. The molecule has 0 saturated carbocycles. The van der Waals surface area contributed by atoms with Gasteiger partial charge in [0.1, 0.15) is 0 Å². The minimum Gasteiger partial charge on any atom is -0.381 e. The van der Waals surface area contributed by atoms with Gasteiger partial charge in [-0.05, 0) is 13.3 Å². The van der Waals surface area contributed by atoms with Gasteiger partial charge in [0.05, 0.1) is 19.1 Å². The van der Waals surface area contributed by atoms with Gasteiger partial charge in [0.25, 0.3) is 0 Å². The van der Waals surface area contributed by atoms with Gasteiger partial charge in [-0.2, -0.15) is 4.98 Å². The highest BCUT2D eigenvalue weighted by atomic mass is 16.5. The molecule has 0 aromatic carbocycles. The lowest BCUT2D eigenvalue weighted by atomic mass is 10.2. The quantitative estimate of drug-likeness (QED) is 0.694. The lowest BCUT2D eigenvalue weighted by Gasteiger charge is -2.02. The molecule has 15 heavy (non-hydrogen) atoms. The third-order valence-electron chi connectivity index (χ3n) is 2.08. The molecular formula is C10H19N3O2. The molecule has 86 valence electrons.